The Labute approximate surface area is 116 Å². The number of piperidine rings is 1. The fourth-order valence-corrected chi connectivity index (χ4v) is 4.35. The zero-order chi connectivity index (χ0) is 13.9. The highest BCUT2D eigenvalue weighted by Gasteiger charge is 2.39. The zero-order valence-electron chi connectivity index (χ0n) is 11.6. The first-order chi connectivity index (χ1) is 8.99. The van der Waals surface area contributed by atoms with Crippen LogP contribution >= 0.6 is 0 Å². The van der Waals surface area contributed by atoms with E-state index in [4.69, 9.17) is 4.74 Å². The number of hydrogen-bond donors (Lipinski definition) is 1. The van der Waals surface area contributed by atoms with E-state index in [2.05, 4.69) is 0 Å². The van der Waals surface area contributed by atoms with Crippen molar-refractivity contribution < 1.29 is 22.6 Å². The summed E-state index contributed by atoms with van der Waals surface area (Å²) in [4.78, 5) is 1.51. The Morgan fingerprint density at radius 1 is 1.32 bits per heavy atom. The van der Waals surface area contributed by atoms with Crippen molar-refractivity contribution in [2.45, 2.75) is 50.7 Å². The monoisotopic (exact) mass is 291 g/mol. The maximum atomic E-state index is 10.7. The maximum absolute atomic E-state index is 10.7. The highest BCUT2D eigenvalue weighted by atomic mass is 32.2. The van der Waals surface area contributed by atoms with Crippen molar-refractivity contribution in [1.29, 1.82) is 0 Å². The van der Waals surface area contributed by atoms with Crippen molar-refractivity contribution >= 4 is 10.1 Å². The van der Waals surface area contributed by atoms with Gasteiger partial charge in [0.1, 0.15) is 0 Å². The molecule has 1 saturated heterocycles. The Morgan fingerprint density at radius 3 is 2.79 bits per heavy atom. The fraction of sp³-hybridized carbons (Fsp3) is 1.00. The lowest BCUT2D eigenvalue weighted by Gasteiger charge is -2.43. The summed E-state index contributed by atoms with van der Waals surface area (Å²) in [6.45, 7) is 1.94. The molecule has 5 nitrogen and oxygen atoms in total. The van der Waals surface area contributed by atoms with E-state index < -0.39 is 10.1 Å². The van der Waals surface area contributed by atoms with Gasteiger partial charge in [-0.25, -0.2) is 8.42 Å². The Bertz CT molecular complexity index is 384. The minimum absolute atomic E-state index is 0.214. The number of nitrogens with one attached hydrogen (secondary N) is 1. The van der Waals surface area contributed by atoms with E-state index in [1.807, 2.05) is 0 Å². The Morgan fingerprint density at radius 2 is 2.11 bits per heavy atom. The van der Waals surface area contributed by atoms with Crippen LogP contribution in [-0.2, 0) is 14.9 Å². The summed E-state index contributed by atoms with van der Waals surface area (Å²) in [6.07, 6.45) is 6.81. The molecule has 19 heavy (non-hydrogen) atoms. The van der Waals surface area contributed by atoms with Crippen LogP contribution in [0.25, 0.3) is 0 Å². The maximum Gasteiger partial charge on any atom is 0.0948 e. The standard InChI is InChI=1S/C13H25NO4S/c1-18-12-5-6-13-11(10-12)4-2-7-14(13)8-3-9-19(15,16)17/h11-13H,2-10H2,1H3,(H,15,16,17). The third-order valence-corrected chi connectivity index (χ3v) is 5.55. The number of rotatable bonds is 5. The van der Waals surface area contributed by atoms with Gasteiger partial charge in [-0.1, -0.05) is 0 Å². The summed E-state index contributed by atoms with van der Waals surface area (Å²) in [5.41, 5.74) is 0. The molecule has 2 aliphatic rings. The molecule has 1 saturated carbocycles. The minimum Gasteiger partial charge on any atom is -0.748 e. The van der Waals surface area contributed by atoms with Crippen molar-refractivity contribution in [3.8, 4) is 0 Å². The smallest absolute Gasteiger partial charge is 0.0948 e. The fourth-order valence-electron chi connectivity index (χ4n) is 3.85. The molecule has 0 aromatic carbocycles. The molecular formula is C13H25NO4S. The number of quaternary nitrogens is 1. The average Bonchev–Trinajstić information content (AvgIpc) is 2.37. The van der Waals surface area contributed by atoms with Gasteiger partial charge >= 0.3 is 0 Å². The van der Waals surface area contributed by atoms with E-state index in [0.29, 0.717) is 24.5 Å². The van der Waals surface area contributed by atoms with Crippen LogP contribution < -0.4 is 4.90 Å². The van der Waals surface area contributed by atoms with Crippen LogP contribution in [0.2, 0.25) is 0 Å². The quantitative estimate of drug-likeness (QED) is 0.711. The van der Waals surface area contributed by atoms with Gasteiger partial charge in [0.25, 0.3) is 0 Å². The Kier molecular flexibility index (Phi) is 5.22. The summed E-state index contributed by atoms with van der Waals surface area (Å²) in [7, 11) is -2.26. The van der Waals surface area contributed by atoms with Gasteiger partial charge in [0, 0.05) is 31.6 Å². The summed E-state index contributed by atoms with van der Waals surface area (Å²) >= 11 is 0. The van der Waals surface area contributed by atoms with E-state index in [1.165, 1.54) is 24.2 Å². The van der Waals surface area contributed by atoms with E-state index in [1.54, 1.807) is 7.11 Å². The molecule has 1 heterocycles. The van der Waals surface area contributed by atoms with Gasteiger partial charge < -0.3 is 14.2 Å². The summed E-state index contributed by atoms with van der Waals surface area (Å²) in [5, 5.41) is 0. The molecule has 1 aliphatic heterocycles. The van der Waals surface area contributed by atoms with Gasteiger partial charge in [0.2, 0.25) is 0 Å². The largest absolute Gasteiger partial charge is 0.748 e. The lowest BCUT2D eigenvalue weighted by molar-refractivity contribution is -0.936. The van der Waals surface area contributed by atoms with Crippen LogP contribution in [0.15, 0.2) is 0 Å². The lowest BCUT2D eigenvalue weighted by Crippen LogP contribution is -3.17. The third-order valence-electron chi connectivity index (χ3n) is 4.76. The number of likely N-dealkylation sites (tertiary alicyclic amines) is 1. The second kappa shape index (κ2) is 6.52. The van der Waals surface area contributed by atoms with Gasteiger partial charge in [-0.2, -0.15) is 0 Å². The zero-order valence-corrected chi connectivity index (χ0v) is 12.5. The predicted molar refractivity (Wildman–Crippen MR) is 71.0 cm³/mol. The molecule has 112 valence electrons. The number of methoxy groups -OCH3 is 1. The average molecular weight is 291 g/mol. The van der Waals surface area contributed by atoms with Crippen LogP contribution in [0.4, 0.5) is 0 Å². The SMILES string of the molecule is COC1CCC2C(CCC[NH+]2CCCS(=O)(=O)[O-])C1. The molecule has 4 atom stereocenters. The molecule has 1 aliphatic carbocycles. The molecule has 6 heteroatoms. The minimum atomic E-state index is -4.05. The van der Waals surface area contributed by atoms with Gasteiger partial charge in [0.15, 0.2) is 0 Å². The summed E-state index contributed by atoms with van der Waals surface area (Å²) in [5.74, 6) is 0.500. The molecular weight excluding hydrogens is 266 g/mol. The third kappa shape index (κ3) is 4.41. The van der Waals surface area contributed by atoms with Gasteiger partial charge in [-0.3, -0.25) is 0 Å². The van der Waals surface area contributed by atoms with Gasteiger partial charge in [0.05, 0.1) is 35.4 Å². The molecule has 0 bridgehead atoms. The number of hydrogen-bond acceptors (Lipinski definition) is 4. The van der Waals surface area contributed by atoms with Crippen molar-refractivity contribution in [1.82, 2.24) is 0 Å². The first-order valence-corrected chi connectivity index (χ1v) is 8.88. The Hall–Kier alpha value is -0.170. The van der Waals surface area contributed by atoms with Crippen molar-refractivity contribution in [2.75, 3.05) is 26.0 Å². The molecule has 2 rings (SSSR count). The molecule has 0 amide bonds. The first kappa shape index (κ1) is 15.2. The highest BCUT2D eigenvalue weighted by molar-refractivity contribution is 7.85. The van der Waals surface area contributed by atoms with Crippen molar-refractivity contribution in [3.05, 3.63) is 0 Å². The van der Waals surface area contributed by atoms with Crippen LogP contribution in [0.3, 0.4) is 0 Å². The lowest BCUT2D eigenvalue weighted by atomic mass is 9.77. The molecule has 0 aromatic heterocycles. The van der Waals surface area contributed by atoms with Crippen molar-refractivity contribution in [3.63, 3.8) is 0 Å². The molecule has 1 N–H and O–H groups in total. The van der Waals surface area contributed by atoms with Gasteiger partial charge in [-0.05, 0) is 25.7 Å². The normalized spacial score (nSPS) is 35.9. The van der Waals surface area contributed by atoms with E-state index >= 15 is 0 Å². The number of ether oxygens (including phenoxy) is 1. The Balaban J connectivity index is 1.84. The van der Waals surface area contributed by atoms with Crippen LogP contribution in [0.1, 0.15) is 38.5 Å². The summed E-state index contributed by atoms with van der Waals surface area (Å²) < 4.78 is 37.4. The van der Waals surface area contributed by atoms with Crippen molar-refractivity contribution in [2.24, 2.45) is 5.92 Å². The highest BCUT2D eigenvalue weighted by Crippen LogP contribution is 2.30. The van der Waals surface area contributed by atoms with Crippen LogP contribution in [-0.4, -0.2) is 51.1 Å². The first-order valence-electron chi connectivity index (χ1n) is 7.30. The topological polar surface area (TPSA) is 70.9 Å². The predicted octanol–water partition coefficient (Wildman–Crippen LogP) is -0.216. The van der Waals surface area contributed by atoms with Gasteiger partial charge in [-0.15, -0.1) is 0 Å². The molecule has 2 fully saturated rings. The summed E-state index contributed by atoms with van der Waals surface area (Å²) in [6, 6.07) is 0.648. The molecule has 4 unspecified atom stereocenters. The van der Waals surface area contributed by atoms with E-state index in [9.17, 15) is 13.0 Å². The van der Waals surface area contributed by atoms with E-state index in [-0.39, 0.29) is 5.75 Å². The van der Waals surface area contributed by atoms with Crippen LogP contribution in [0.5, 0.6) is 0 Å². The second-order valence-corrected chi connectivity index (χ2v) is 7.48. The van der Waals surface area contributed by atoms with E-state index in [0.717, 1.165) is 25.9 Å². The molecule has 0 radical (unpaired) electrons. The molecule has 0 aromatic rings. The number of fused-ring (bicyclic) bond motifs is 1. The molecule has 0 spiro atoms. The van der Waals surface area contributed by atoms with Crippen LogP contribution in [0, 0.1) is 5.92 Å². The second-order valence-electron chi connectivity index (χ2n) is 5.95.